The normalized spacial score (nSPS) is 8.33. The number of rotatable bonds is 0. The van der Waals surface area contributed by atoms with Crippen LogP contribution in [0.2, 0.25) is 5.02 Å². The molecule has 0 aliphatic carbocycles. The number of hydrogen-bond acceptors (Lipinski definition) is 0. The van der Waals surface area contributed by atoms with Crippen molar-refractivity contribution in [1.29, 1.82) is 0 Å². The van der Waals surface area contributed by atoms with Crippen LogP contribution >= 0.6 is 11.6 Å². The number of benzene rings is 1. The average Bonchev–Trinajstić information content (AvgIpc) is 1.77. The molecule has 0 bridgehead atoms. The summed E-state index contributed by atoms with van der Waals surface area (Å²) in [5.74, 6) is 0. The molecule has 0 aliphatic rings. The molecule has 0 spiro atoms. The number of halogens is 2. The van der Waals surface area contributed by atoms with Crippen molar-refractivity contribution in [1.82, 2.24) is 0 Å². The van der Waals surface area contributed by atoms with Gasteiger partial charge in [-0.15, -0.1) is 0 Å². The second-order valence-corrected chi connectivity index (χ2v) is 3.78. The Morgan fingerprint density at radius 1 is 1.11 bits per heavy atom. The molecule has 1 aromatic rings. The molecule has 0 unspecified atom stereocenters. The summed E-state index contributed by atoms with van der Waals surface area (Å²) in [6, 6.07) is 7.92. The largest absolute Gasteiger partial charge is 1.00 e. The van der Waals surface area contributed by atoms with Crippen LogP contribution in [0.5, 0.6) is 0 Å². The monoisotopic (exact) mass is 254 g/mol. The van der Waals surface area contributed by atoms with Gasteiger partial charge in [-0.1, -0.05) is 0 Å². The van der Waals surface area contributed by atoms with E-state index in [0.717, 1.165) is 5.02 Å². The Kier molecular flexibility index (Phi) is 4.73. The first-order chi connectivity index (χ1) is 3.79. The first kappa shape index (κ1) is 9.61. The molecule has 0 saturated heterocycles. The Hall–Kier alpha value is 0.613. The molecule has 0 nitrogen and oxygen atoms in total. The smallest absolute Gasteiger partial charge is 1.00 e. The topological polar surface area (TPSA) is 0 Å². The van der Waals surface area contributed by atoms with Gasteiger partial charge in [-0.2, -0.15) is 0 Å². The van der Waals surface area contributed by atoms with Crippen LogP contribution in [0.25, 0.3) is 0 Å². The van der Waals surface area contributed by atoms with E-state index in [9.17, 15) is 0 Å². The first-order valence-corrected chi connectivity index (χ1v) is 4.23. The summed E-state index contributed by atoms with van der Waals surface area (Å²) in [7, 11) is 0. The second-order valence-electron chi connectivity index (χ2n) is 1.63. The van der Waals surface area contributed by atoms with Gasteiger partial charge in [0.2, 0.25) is 0 Å². The van der Waals surface area contributed by atoms with Crippen molar-refractivity contribution in [3.63, 3.8) is 0 Å². The van der Waals surface area contributed by atoms with E-state index in [1.165, 1.54) is 22.5 Å². The van der Waals surface area contributed by atoms with Crippen LogP contribution in [0.4, 0.5) is 0 Å². The van der Waals surface area contributed by atoms with Crippen molar-refractivity contribution in [2.45, 2.75) is 0 Å². The SMILES string of the molecule is Clc1cc[c]([Zn+])cc1.[Br-]. The van der Waals surface area contributed by atoms with Crippen molar-refractivity contribution < 1.29 is 35.3 Å². The second kappa shape index (κ2) is 4.43. The summed E-state index contributed by atoms with van der Waals surface area (Å²) in [4.78, 5) is 0. The van der Waals surface area contributed by atoms with Crippen LogP contribution < -0.4 is 21.1 Å². The van der Waals surface area contributed by atoms with Crippen LogP contribution in [-0.2, 0) is 18.3 Å². The van der Waals surface area contributed by atoms with E-state index in [4.69, 9.17) is 11.6 Å². The van der Waals surface area contributed by atoms with Gasteiger partial charge < -0.3 is 17.0 Å². The predicted octanol–water partition coefficient (Wildman–Crippen LogP) is -1.48. The van der Waals surface area contributed by atoms with Gasteiger partial charge in [0, 0.05) is 0 Å². The van der Waals surface area contributed by atoms with Gasteiger partial charge in [0.1, 0.15) is 0 Å². The Morgan fingerprint density at radius 3 is 1.89 bits per heavy atom. The van der Waals surface area contributed by atoms with Gasteiger partial charge in [-0.25, -0.2) is 0 Å². The van der Waals surface area contributed by atoms with Gasteiger partial charge in [0.25, 0.3) is 0 Å². The minimum atomic E-state index is 0. The molecule has 0 aromatic heterocycles. The zero-order valence-electron chi connectivity index (χ0n) is 4.77. The third kappa shape index (κ3) is 3.34. The molecule has 0 radical (unpaired) electrons. The quantitative estimate of drug-likeness (QED) is 0.497. The van der Waals surface area contributed by atoms with Gasteiger partial charge in [0.15, 0.2) is 0 Å². The Balaban J connectivity index is 0.000000640. The van der Waals surface area contributed by atoms with Gasteiger partial charge in [0.05, 0.1) is 0 Å². The molecule has 9 heavy (non-hydrogen) atoms. The van der Waals surface area contributed by atoms with E-state index in [0.29, 0.717) is 0 Å². The fourth-order valence-electron chi connectivity index (χ4n) is 0.484. The van der Waals surface area contributed by atoms with E-state index < -0.39 is 0 Å². The fourth-order valence-corrected chi connectivity index (χ4v) is 1.10. The summed E-state index contributed by atoms with van der Waals surface area (Å²) in [6.07, 6.45) is 0. The molecule has 1 aromatic carbocycles. The van der Waals surface area contributed by atoms with Crippen LogP contribution in [-0.4, -0.2) is 0 Å². The predicted molar refractivity (Wildman–Crippen MR) is 31.1 cm³/mol. The van der Waals surface area contributed by atoms with Gasteiger partial charge in [-0.3, -0.25) is 0 Å². The molecule has 0 aliphatic heterocycles. The van der Waals surface area contributed by atoms with Crippen molar-refractivity contribution >= 4 is 15.8 Å². The van der Waals surface area contributed by atoms with Crippen molar-refractivity contribution in [3.05, 3.63) is 29.3 Å². The zero-order chi connectivity index (χ0) is 5.98. The fraction of sp³-hybridized carbons (Fsp3) is 0. The minimum Gasteiger partial charge on any atom is -1.00 e. The van der Waals surface area contributed by atoms with Crippen LogP contribution in [0.15, 0.2) is 24.3 Å². The maximum atomic E-state index is 5.63. The zero-order valence-corrected chi connectivity index (χ0v) is 10.1. The summed E-state index contributed by atoms with van der Waals surface area (Å²) < 4.78 is 1.37. The van der Waals surface area contributed by atoms with E-state index >= 15 is 0 Å². The molecule has 0 atom stereocenters. The maximum Gasteiger partial charge on any atom is -1.00 e. The van der Waals surface area contributed by atoms with Gasteiger partial charge >= 0.3 is 63.3 Å². The van der Waals surface area contributed by atoms with Crippen LogP contribution in [0, 0.1) is 0 Å². The molecule has 0 saturated carbocycles. The first-order valence-electron chi connectivity index (χ1n) is 2.36. The molecule has 0 heterocycles. The number of hydrogen-bond donors (Lipinski definition) is 0. The molecule has 0 amide bonds. The Bertz CT molecular complexity index is 152. The Labute approximate surface area is 80.0 Å². The molecule has 1 rings (SSSR count). The standard InChI is InChI=1S/C6H4Cl.BrH.Zn/c7-6-4-2-1-3-5-6;;/h2-5H;1H;/q;;+1/p-1. The molecular formula is C6H4BrClZn. The maximum absolute atomic E-state index is 5.63. The van der Waals surface area contributed by atoms with E-state index in [-0.39, 0.29) is 17.0 Å². The molecular weight excluding hydrogens is 253 g/mol. The van der Waals surface area contributed by atoms with Crippen molar-refractivity contribution in [2.75, 3.05) is 0 Å². The van der Waals surface area contributed by atoms with Crippen LogP contribution in [0.1, 0.15) is 0 Å². The molecule has 0 N–H and O–H groups in total. The summed E-state index contributed by atoms with van der Waals surface area (Å²) in [5, 5.41) is 0.821. The summed E-state index contributed by atoms with van der Waals surface area (Å²) in [6.45, 7) is 0. The minimum absolute atomic E-state index is 0. The van der Waals surface area contributed by atoms with Crippen LogP contribution in [0.3, 0.4) is 0 Å². The third-order valence-electron chi connectivity index (χ3n) is 0.913. The third-order valence-corrected chi connectivity index (χ3v) is 2.15. The van der Waals surface area contributed by atoms with E-state index in [1.54, 1.807) is 0 Å². The van der Waals surface area contributed by atoms with Crippen molar-refractivity contribution in [2.24, 2.45) is 0 Å². The molecule has 3 heteroatoms. The van der Waals surface area contributed by atoms with E-state index in [2.05, 4.69) is 0 Å². The molecule has 44 valence electrons. The Morgan fingerprint density at radius 2 is 1.56 bits per heavy atom. The van der Waals surface area contributed by atoms with E-state index in [1.807, 2.05) is 24.3 Å². The van der Waals surface area contributed by atoms with Crippen molar-refractivity contribution in [3.8, 4) is 0 Å². The van der Waals surface area contributed by atoms with Gasteiger partial charge in [-0.05, 0) is 0 Å². The summed E-state index contributed by atoms with van der Waals surface area (Å²) in [5.41, 5.74) is 0. The average molecular weight is 257 g/mol. The molecule has 0 fully saturated rings. The summed E-state index contributed by atoms with van der Waals surface area (Å²) >= 11 is 6.83.